The molecule has 0 aromatic heterocycles. The molecule has 1 aliphatic heterocycles. The minimum absolute atomic E-state index is 0.279. The second-order valence-electron chi connectivity index (χ2n) is 6.06. The predicted octanol–water partition coefficient (Wildman–Crippen LogP) is 4.10. The summed E-state index contributed by atoms with van der Waals surface area (Å²) < 4.78 is 0. The van der Waals surface area contributed by atoms with Crippen molar-refractivity contribution in [1.29, 1.82) is 0 Å². The largest absolute Gasteiger partial charge is 0.288 e. The molecule has 0 aromatic rings. The highest BCUT2D eigenvalue weighted by molar-refractivity contribution is 5.10. The molecule has 0 saturated heterocycles. The molecule has 0 amide bonds. The third kappa shape index (κ3) is 3.98. The zero-order chi connectivity index (χ0) is 12.3. The summed E-state index contributed by atoms with van der Waals surface area (Å²) in [6, 6.07) is 0.590. The van der Waals surface area contributed by atoms with Crippen molar-refractivity contribution in [3.63, 3.8) is 0 Å². The fraction of sp³-hybridized carbons (Fsp3) is 0.857. The van der Waals surface area contributed by atoms with Gasteiger partial charge in [0.25, 0.3) is 0 Å². The minimum Gasteiger partial charge on any atom is -0.288 e. The highest BCUT2D eigenvalue weighted by Gasteiger charge is 2.36. The molecule has 90 valence electrons. The molecule has 15 heavy (non-hydrogen) atoms. The van der Waals surface area contributed by atoms with Gasteiger partial charge in [0.15, 0.2) is 0 Å². The summed E-state index contributed by atoms with van der Waals surface area (Å²) in [6.45, 7) is 18.9. The van der Waals surface area contributed by atoms with Crippen molar-refractivity contribution in [1.82, 2.24) is 4.90 Å². The van der Waals surface area contributed by atoms with Crippen LogP contribution in [0, 0.1) is 5.41 Å². The maximum atomic E-state index is 2.56. The Kier molecular flexibility index (Phi) is 5.05. The smallest absolute Gasteiger partial charge is 0.0335 e. The van der Waals surface area contributed by atoms with E-state index in [2.05, 4.69) is 58.6 Å². The Morgan fingerprint density at radius 3 is 1.73 bits per heavy atom. The minimum atomic E-state index is 0.279. The topological polar surface area (TPSA) is 3.24 Å². The van der Waals surface area contributed by atoms with Crippen LogP contribution >= 0.6 is 0 Å². The van der Waals surface area contributed by atoms with E-state index in [1.165, 1.54) is 0 Å². The van der Waals surface area contributed by atoms with Crippen LogP contribution in [-0.4, -0.2) is 23.0 Å². The Morgan fingerprint density at radius 1 is 1.00 bits per heavy atom. The van der Waals surface area contributed by atoms with Gasteiger partial charge in [-0.05, 0) is 26.2 Å². The van der Waals surface area contributed by atoms with Gasteiger partial charge in [-0.3, -0.25) is 4.90 Å². The van der Waals surface area contributed by atoms with Gasteiger partial charge in [0, 0.05) is 18.1 Å². The van der Waals surface area contributed by atoms with Crippen molar-refractivity contribution >= 4 is 0 Å². The molecule has 1 unspecified atom stereocenters. The summed E-state index contributed by atoms with van der Waals surface area (Å²) >= 11 is 0. The van der Waals surface area contributed by atoms with Gasteiger partial charge in [0.1, 0.15) is 0 Å². The van der Waals surface area contributed by atoms with Gasteiger partial charge in [-0.2, -0.15) is 0 Å². The Morgan fingerprint density at radius 2 is 1.47 bits per heavy atom. The second kappa shape index (κ2) is 5.16. The van der Waals surface area contributed by atoms with E-state index in [9.17, 15) is 0 Å². The zero-order valence-electron chi connectivity index (χ0n) is 11.9. The van der Waals surface area contributed by atoms with Crippen LogP contribution in [0.15, 0.2) is 12.2 Å². The maximum absolute atomic E-state index is 2.56. The molecule has 0 aliphatic carbocycles. The first-order valence-corrected chi connectivity index (χ1v) is 6.16. The van der Waals surface area contributed by atoms with Crippen LogP contribution in [0.2, 0.25) is 0 Å². The van der Waals surface area contributed by atoms with Crippen LogP contribution in [0.4, 0.5) is 0 Å². The molecule has 0 spiro atoms. The summed E-state index contributed by atoms with van der Waals surface area (Å²) in [5.74, 6) is 0. The van der Waals surface area contributed by atoms with Crippen LogP contribution in [-0.2, 0) is 0 Å². The van der Waals surface area contributed by atoms with Crippen LogP contribution < -0.4 is 0 Å². The van der Waals surface area contributed by atoms with Crippen molar-refractivity contribution in [2.24, 2.45) is 5.41 Å². The van der Waals surface area contributed by atoms with E-state index in [-0.39, 0.29) is 5.54 Å². The van der Waals surface area contributed by atoms with Gasteiger partial charge in [-0.1, -0.05) is 46.8 Å². The third-order valence-electron chi connectivity index (χ3n) is 2.71. The second-order valence-corrected chi connectivity index (χ2v) is 6.06. The van der Waals surface area contributed by atoms with E-state index < -0.39 is 0 Å². The third-order valence-corrected chi connectivity index (χ3v) is 2.71. The van der Waals surface area contributed by atoms with Gasteiger partial charge in [0.2, 0.25) is 0 Å². The van der Waals surface area contributed by atoms with Crippen molar-refractivity contribution in [2.45, 2.75) is 67.0 Å². The molecule has 0 aromatic carbocycles. The van der Waals surface area contributed by atoms with Gasteiger partial charge >= 0.3 is 0 Å². The van der Waals surface area contributed by atoms with Crippen molar-refractivity contribution in [3.05, 3.63) is 12.2 Å². The van der Waals surface area contributed by atoms with E-state index in [1.54, 1.807) is 0 Å². The quantitative estimate of drug-likeness (QED) is 0.545. The average Bonchev–Trinajstić information content (AvgIpc) is 2.53. The molecule has 0 bridgehead atoms. The highest BCUT2D eigenvalue weighted by atomic mass is 15.2. The fourth-order valence-corrected chi connectivity index (χ4v) is 1.97. The first-order valence-electron chi connectivity index (χ1n) is 6.16. The Hall–Kier alpha value is -0.300. The summed E-state index contributed by atoms with van der Waals surface area (Å²) in [4.78, 5) is 2.56. The number of hydrogen-bond donors (Lipinski definition) is 0. The molecular weight excluding hydrogens is 182 g/mol. The monoisotopic (exact) mass is 211 g/mol. The van der Waals surface area contributed by atoms with Crippen molar-refractivity contribution < 1.29 is 0 Å². The zero-order valence-corrected chi connectivity index (χ0v) is 11.9. The molecule has 1 heteroatoms. The Labute approximate surface area is 96.6 Å². The molecule has 1 atom stereocenters. The SMILES string of the molecule is CC.CC(C)(C)C1C=CCN1C(C)(C)C. The molecule has 1 nitrogen and oxygen atoms in total. The molecule has 1 rings (SSSR count). The van der Waals surface area contributed by atoms with E-state index in [4.69, 9.17) is 0 Å². The van der Waals surface area contributed by atoms with Crippen molar-refractivity contribution in [2.75, 3.05) is 6.54 Å². The molecule has 0 N–H and O–H groups in total. The fourth-order valence-electron chi connectivity index (χ4n) is 1.97. The molecule has 0 fully saturated rings. The standard InChI is InChI=1S/C12H23N.C2H6/c1-11(2,3)10-8-7-9-13(10)12(4,5)6;1-2/h7-8,10H,9H2,1-6H3;1-2H3. The molecule has 1 heterocycles. The summed E-state index contributed by atoms with van der Waals surface area (Å²) in [6.07, 6.45) is 4.65. The van der Waals surface area contributed by atoms with Crippen LogP contribution in [0.3, 0.4) is 0 Å². The molecule has 0 radical (unpaired) electrons. The predicted molar refractivity (Wildman–Crippen MR) is 70.2 cm³/mol. The molecule has 0 saturated carbocycles. The summed E-state index contributed by atoms with van der Waals surface area (Å²) in [5.41, 5.74) is 0.627. The van der Waals surface area contributed by atoms with Crippen LogP contribution in [0.5, 0.6) is 0 Å². The van der Waals surface area contributed by atoms with E-state index >= 15 is 0 Å². The van der Waals surface area contributed by atoms with Crippen LogP contribution in [0.25, 0.3) is 0 Å². The average molecular weight is 211 g/mol. The summed E-state index contributed by atoms with van der Waals surface area (Å²) in [7, 11) is 0. The first-order chi connectivity index (χ1) is 6.73. The normalized spacial score (nSPS) is 22.5. The lowest BCUT2D eigenvalue weighted by atomic mass is 9.85. The molecule has 1 aliphatic rings. The first kappa shape index (κ1) is 14.7. The van der Waals surface area contributed by atoms with E-state index in [0.717, 1.165) is 6.54 Å². The lowest BCUT2D eigenvalue weighted by Crippen LogP contribution is -2.49. The van der Waals surface area contributed by atoms with Crippen LogP contribution in [0.1, 0.15) is 55.4 Å². The van der Waals surface area contributed by atoms with Gasteiger partial charge in [-0.25, -0.2) is 0 Å². The van der Waals surface area contributed by atoms with Gasteiger partial charge in [-0.15, -0.1) is 0 Å². The van der Waals surface area contributed by atoms with E-state index in [1.807, 2.05) is 13.8 Å². The van der Waals surface area contributed by atoms with Gasteiger partial charge < -0.3 is 0 Å². The lowest BCUT2D eigenvalue weighted by molar-refractivity contribution is 0.0726. The Bertz CT molecular complexity index is 202. The maximum Gasteiger partial charge on any atom is 0.0335 e. The number of rotatable bonds is 0. The Balaban J connectivity index is 0.000000921. The lowest BCUT2D eigenvalue weighted by Gasteiger charge is -2.42. The summed E-state index contributed by atoms with van der Waals surface area (Å²) in [5, 5.41) is 0. The van der Waals surface area contributed by atoms with Crippen molar-refractivity contribution in [3.8, 4) is 0 Å². The van der Waals surface area contributed by atoms with E-state index in [0.29, 0.717) is 11.5 Å². The highest BCUT2D eigenvalue weighted by Crippen LogP contribution is 2.33. The number of nitrogens with zero attached hydrogens (tertiary/aromatic N) is 1. The molecular formula is C14H29N. The number of hydrogen-bond acceptors (Lipinski definition) is 1. The van der Waals surface area contributed by atoms with Gasteiger partial charge in [0.05, 0.1) is 0 Å².